The fourth-order valence-corrected chi connectivity index (χ4v) is 3.92. The standard InChI is InChI=1S/C26H32F2N6O2/c1-16(2)34-15-26(3,4)36-24-19(27)11-17(12-21(24)34)23-20(28)14-30-25(32-23)31-22-8-7-18(13-29-22)35-10-9-33(5)6/h7-8,11-14,16H,9-10,15H2,1-6H3,(H,29,30,31,32). The molecule has 0 saturated carbocycles. The van der Waals surface area contributed by atoms with E-state index >= 15 is 4.39 Å². The Morgan fingerprint density at radius 1 is 1.14 bits per heavy atom. The van der Waals surface area contributed by atoms with Gasteiger partial charge in [-0.3, -0.25) is 0 Å². The summed E-state index contributed by atoms with van der Waals surface area (Å²) in [6.45, 7) is 9.77. The molecular weight excluding hydrogens is 466 g/mol. The molecule has 0 fully saturated rings. The summed E-state index contributed by atoms with van der Waals surface area (Å²) in [6.07, 6.45) is 2.64. The maximum atomic E-state index is 15.2. The lowest BCUT2D eigenvalue weighted by atomic mass is 10.0. The number of fused-ring (bicyclic) bond motifs is 1. The molecular formula is C26H32F2N6O2. The van der Waals surface area contributed by atoms with E-state index in [1.54, 1.807) is 24.4 Å². The number of hydrogen-bond acceptors (Lipinski definition) is 8. The number of likely N-dealkylation sites (N-methyl/N-ethyl adjacent to an activating group) is 1. The van der Waals surface area contributed by atoms with Crippen molar-refractivity contribution in [3.63, 3.8) is 0 Å². The van der Waals surface area contributed by atoms with Crippen molar-refractivity contribution >= 4 is 17.5 Å². The molecule has 0 atom stereocenters. The number of halogens is 2. The van der Waals surface area contributed by atoms with Gasteiger partial charge in [0.05, 0.1) is 24.6 Å². The zero-order valence-corrected chi connectivity index (χ0v) is 21.5. The first kappa shape index (κ1) is 25.6. The lowest BCUT2D eigenvalue weighted by Crippen LogP contribution is -2.49. The number of pyridine rings is 1. The molecule has 3 aromatic rings. The summed E-state index contributed by atoms with van der Waals surface area (Å²) < 4.78 is 41.6. The van der Waals surface area contributed by atoms with Gasteiger partial charge in [-0.1, -0.05) is 0 Å². The van der Waals surface area contributed by atoms with E-state index in [0.29, 0.717) is 36.0 Å². The van der Waals surface area contributed by atoms with Gasteiger partial charge in [0.1, 0.15) is 29.5 Å². The molecule has 1 aromatic carbocycles. The lowest BCUT2D eigenvalue weighted by molar-refractivity contribution is 0.0967. The Morgan fingerprint density at radius 3 is 2.58 bits per heavy atom. The molecule has 3 heterocycles. The highest BCUT2D eigenvalue weighted by atomic mass is 19.1. The maximum absolute atomic E-state index is 15.2. The van der Waals surface area contributed by atoms with Crippen LogP contribution in [0, 0.1) is 11.6 Å². The van der Waals surface area contributed by atoms with Gasteiger partial charge in [-0.2, -0.15) is 0 Å². The number of hydrogen-bond donors (Lipinski definition) is 1. The van der Waals surface area contributed by atoms with Crippen LogP contribution >= 0.6 is 0 Å². The average molecular weight is 499 g/mol. The van der Waals surface area contributed by atoms with Gasteiger partial charge in [0.25, 0.3) is 0 Å². The van der Waals surface area contributed by atoms with Crippen LogP contribution in [0.15, 0.2) is 36.7 Å². The summed E-state index contributed by atoms with van der Waals surface area (Å²) in [5, 5.41) is 2.96. The van der Waals surface area contributed by atoms with E-state index in [1.165, 1.54) is 6.07 Å². The molecule has 0 spiro atoms. The molecule has 10 heteroatoms. The summed E-state index contributed by atoms with van der Waals surface area (Å²) in [4.78, 5) is 16.7. The monoisotopic (exact) mass is 498 g/mol. The quantitative estimate of drug-likeness (QED) is 0.471. The van der Waals surface area contributed by atoms with Gasteiger partial charge >= 0.3 is 0 Å². The Balaban J connectivity index is 1.59. The smallest absolute Gasteiger partial charge is 0.229 e. The molecule has 1 aliphatic rings. The van der Waals surface area contributed by atoms with Gasteiger partial charge in [-0.25, -0.2) is 23.7 Å². The van der Waals surface area contributed by atoms with Gasteiger partial charge < -0.3 is 24.6 Å². The number of ether oxygens (including phenoxy) is 2. The van der Waals surface area contributed by atoms with Crippen LogP contribution in [0.5, 0.6) is 11.5 Å². The SMILES string of the molecule is CC(C)N1CC(C)(C)Oc2c(F)cc(-c3nc(Nc4ccc(OCCN(C)C)cn4)ncc3F)cc21. The molecule has 36 heavy (non-hydrogen) atoms. The van der Waals surface area contributed by atoms with E-state index < -0.39 is 17.2 Å². The van der Waals surface area contributed by atoms with E-state index in [9.17, 15) is 4.39 Å². The summed E-state index contributed by atoms with van der Waals surface area (Å²) in [5.74, 6) is 0.161. The minimum absolute atomic E-state index is 0.0219. The third-order valence-electron chi connectivity index (χ3n) is 5.69. The van der Waals surface area contributed by atoms with E-state index in [1.807, 2.05) is 46.7 Å². The van der Waals surface area contributed by atoms with Crippen molar-refractivity contribution in [2.45, 2.75) is 39.3 Å². The molecule has 4 rings (SSSR count). The fraction of sp³-hybridized carbons (Fsp3) is 0.423. The molecule has 1 N–H and O–H groups in total. The maximum Gasteiger partial charge on any atom is 0.229 e. The van der Waals surface area contributed by atoms with E-state index in [4.69, 9.17) is 9.47 Å². The van der Waals surface area contributed by atoms with Crippen molar-refractivity contribution < 1.29 is 18.3 Å². The zero-order chi connectivity index (χ0) is 26.0. The highest BCUT2D eigenvalue weighted by Gasteiger charge is 2.35. The second-order valence-electron chi connectivity index (χ2n) is 9.94. The van der Waals surface area contributed by atoms with Crippen LogP contribution in [0.2, 0.25) is 0 Å². The molecule has 0 aliphatic carbocycles. The van der Waals surface area contributed by atoms with E-state index in [-0.39, 0.29) is 23.4 Å². The first-order valence-corrected chi connectivity index (χ1v) is 11.8. The number of nitrogens with zero attached hydrogens (tertiary/aromatic N) is 5. The van der Waals surface area contributed by atoms with Crippen molar-refractivity contribution in [1.29, 1.82) is 0 Å². The van der Waals surface area contributed by atoms with Gasteiger partial charge in [0, 0.05) is 18.2 Å². The summed E-state index contributed by atoms with van der Waals surface area (Å²) in [7, 11) is 3.94. The Bertz CT molecular complexity index is 1220. The van der Waals surface area contributed by atoms with Gasteiger partial charge in [0.15, 0.2) is 17.4 Å². The third kappa shape index (κ3) is 5.81. The molecule has 0 bridgehead atoms. The molecule has 0 radical (unpaired) electrons. The lowest BCUT2D eigenvalue weighted by Gasteiger charge is -2.43. The minimum atomic E-state index is -0.661. The first-order valence-electron chi connectivity index (χ1n) is 11.8. The van der Waals surface area contributed by atoms with Crippen molar-refractivity contribution in [2.75, 3.05) is 44.0 Å². The predicted molar refractivity (Wildman–Crippen MR) is 136 cm³/mol. The molecule has 0 unspecified atom stereocenters. The van der Waals surface area contributed by atoms with Crippen molar-refractivity contribution in [2.24, 2.45) is 0 Å². The first-order chi connectivity index (χ1) is 17.0. The van der Waals surface area contributed by atoms with E-state index in [2.05, 4.69) is 25.2 Å². The molecule has 8 nitrogen and oxygen atoms in total. The summed E-state index contributed by atoms with van der Waals surface area (Å²) in [6, 6.07) is 6.54. The highest BCUT2D eigenvalue weighted by molar-refractivity contribution is 5.73. The van der Waals surface area contributed by atoms with Gasteiger partial charge in [-0.15, -0.1) is 0 Å². The number of rotatable bonds is 8. The number of aromatic nitrogens is 3. The third-order valence-corrected chi connectivity index (χ3v) is 5.69. The molecule has 2 aromatic heterocycles. The van der Waals surface area contributed by atoms with Crippen LogP contribution in [0.25, 0.3) is 11.3 Å². The Morgan fingerprint density at radius 2 is 1.92 bits per heavy atom. The Hall–Kier alpha value is -3.53. The zero-order valence-electron chi connectivity index (χ0n) is 21.5. The van der Waals surface area contributed by atoms with Gasteiger partial charge in [0.2, 0.25) is 5.95 Å². The summed E-state index contributed by atoms with van der Waals surface area (Å²) in [5.41, 5.74) is 0.280. The fourth-order valence-electron chi connectivity index (χ4n) is 3.92. The Kier molecular flexibility index (Phi) is 7.26. The van der Waals surface area contributed by atoms with Crippen LogP contribution in [0.3, 0.4) is 0 Å². The number of benzene rings is 1. The molecule has 192 valence electrons. The van der Waals surface area contributed by atoms with Crippen molar-refractivity contribution in [3.8, 4) is 22.8 Å². The average Bonchev–Trinajstić information content (AvgIpc) is 2.81. The highest BCUT2D eigenvalue weighted by Crippen LogP contribution is 2.42. The molecule has 0 saturated heterocycles. The molecule has 0 amide bonds. The van der Waals surface area contributed by atoms with Crippen molar-refractivity contribution in [1.82, 2.24) is 19.9 Å². The molecule has 1 aliphatic heterocycles. The second kappa shape index (κ2) is 10.2. The number of nitrogens with one attached hydrogen (secondary N) is 1. The van der Waals surface area contributed by atoms with Crippen LogP contribution in [-0.2, 0) is 0 Å². The largest absolute Gasteiger partial charge is 0.491 e. The van der Waals surface area contributed by atoms with Crippen LogP contribution in [0.1, 0.15) is 27.7 Å². The predicted octanol–water partition coefficient (Wildman–Crippen LogP) is 4.89. The topological polar surface area (TPSA) is 75.6 Å². The minimum Gasteiger partial charge on any atom is -0.491 e. The summed E-state index contributed by atoms with van der Waals surface area (Å²) >= 11 is 0. The van der Waals surface area contributed by atoms with E-state index in [0.717, 1.165) is 12.7 Å². The normalized spacial score (nSPS) is 14.6. The number of anilines is 3. The Labute approximate surface area is 210 Å². The van der Waals surface area contributed by atoms with Crippen LogP contribution < -0.4 is 19.7 Å². The van der Waals surface area contributed by atoms with Crippen molar-refractivity contribution in [3.05, 3.63) is 48.3 Å². The second-order valence-corrected chi connectivity index (χ2v) is 9.94. The van der Waals surface area contributed by atoms with Crippen LogP contribution in [-0.4, -0.2) is 65.3 Å². The van der Waals surface area contributed by atoms with Crippen LogP contribution in [0.4, 0.5) is 26.2 Å². The van der Waals surface area contributed by atoms with Gasteiger partial charge in [-0.05, 0) is 66.1 Å².